The van der Waals surface area contributed by atoms with Crippen LogP contribution in [0.15, 0.2) is 60.2 Å². The number of ether oxygens (including phenoxy) is 2. The van der Waals surface area contributed by atoms with Gasteiger partial charge in [0, 0.05) is 49.2 Å². The van der Waals surface area contributed by atoms with Crippen molar-refractivity contribution in [3.05, 3.63) is 65.8 Å². The van der Waals surface area contributed by atoms with E-state index in [2.05, 4.69) is 50.5 Å². The van der Waals surface area contributed by atoms with Crippen molar-refractivity contribution >= 4 is 27.4 Å². The Morgan fingerprint density at radius 1 is 0.938 bits per heavy atom. The highest BCUT2D eigenvalue weighted by atomic mass is 32.1. The van der Waals surface area contributed by atoms with Crippen molar-refractivity contribution in [1.29, 1.82) is 0 Å². The fourth-order valence-corrected chi connectivity index (χ4v) is 5.20. The van der Waals surface area contributed by atoms with Crippen LogP contribution in [-0.4, -0.2) is 55.3 Å². The molecule has 3 heterocycles. The van der Waals surface area contributed by atoms with Gasteiger partial charge >= 0.3 is 0 Å². The van der Waals surface area contributed by atoms with E-state index in [9.17, 15) is 0 Å². The van der Waals surface area contributed by atoms with Gasteiger partial charge in [0.2, 0.25) is 0 Å². The quantitative estimate of drug-likeness (QED) is 0.428. The number of thiophene rings is 1. The van der Waals surface area contributed by atoms with Gasteiger partial charge in [0.15, 0.2) is 0 Å². The summed E-state index contributed by atoms with van der Waals surface area (Å²) in [6.07, 6.45) is 1.69. The standard InChI is InChI=1S/C25H26N4O2S/c1-30-20-8-9-22(31-2)19(14-20)15-28-10-12-29(13-11-28)24-23-21(18-6-4-3-5-7-18)16-32-25(23)27-17-26-24/h3-9,14,16-17H,10-13,15H2,1-2H3. The van der Waals surface area contributed by atoms with E-state index in [1.807, 2.05) is 18.2 Å². The van der Waals surface area contributed by atoms with Crippen LogP contribution in [0.5, 0.6) is 11.5 Å². The van der Waals surface area contributed by atoms with Gasteiger partial charge in [-0.2, -0.15) is 0 Å². The lowest BCUT2D eigenvalue weighted by atomic mass is 10.1. The van der Waals surface area contributed by atoms with Crippen LogP contribution in [0.2, 0.25) is 0 Å². The largest absolute Gasteiger partial charge is 0.497 e. The number of benzene rings is 2. The van der Waals surface area contributed by atoms with E-state index in [4.69, 9.17) is 14.5 Å². The first-order chi connectivity index (χ1) is 15.8. The molecule has 32 heavy (non-hydrogen) atoms. The molecule has 6 nitrogen and oxygen atoms in total. The zero-order valence-corrected chi connectivity index (χ0v) is 19.1. The van der Waals surface area contributed by atoms with Crippen molar-refractivity contribution in [3.63, 3.8) is 0 Å². The minimum absolute atomic E-state index is 0.834. The average molecular weight is 447 g/mol. The zero-order chi connectivity index (χ0) is 21.9. The second-order valence-corrected chi connectivity index (χ2v) is 8.69. The van der Waals surface area contributed by atoms with E-state index in [0.717, 1.165) is 65.8 Å². The molecule has 4 aromatic rings. The number of fused-ring (bicyclic) bond motifs is 1. The predicted molar refractivity (Wildman–Crippen MR) is 130 cm³/mol. The first-order valence-electron chi connectivity index (χ1n) is 10.7. The smallest absolute Gasteiger partial charge is 0.141 e. The average Bonchev–Trinajstić information content (AvgIpc) is 3.29. The normalized spacial score (nSPS) is 14.6. The molecule has 1 saturated heterocycles. The van der Waals surface area contributed by atoms with Crippen molar-refractivity contribution in [2.75, 3.05) is 45.3 Å². The lowest BCUT2D eigenvalue weighted by molar-refractivity contribution is 0.245. The number of aromatic nitrogens is 2. The first-order valence-corrected chi connectivity index (χ1v) is 11.6. The lowest BCUT2D eigenvalue weighted by Crippen LogP contribution is -2.46. The molecule has 0 N–H and O–H groups in total. The molecule has 0 atom stereocenters. The summed E-state index contributed by atoms with van der Waals surface area (Å²) < 4.78 is 11.0. The Kier molecular flexibility index (Phi) is 5.92. The Labute approximate surface area is 192 Å². The molecular weight excluding hydrogens is 420 g/mol. The molecule has 1 aliphatic rings. The van der Waals surface area contributed by atoms with Crippen molar-refractivity contribution in [2.45, 2.75) is 6.54 Å². The van der Waals surface area contributed by atoms with Crippen LogP contribution >= 0.6 is 11.3 Å². The maximum absolute atomic E-state index is 5.56. The third kappa shape index (κ3) is 4.01. The monoisotopic (exact) mass is 446 g/mol. The zero-order valence-electron chi connectivity index (χ0n) is 18.3. The maximum Gasteiger partial charge on any atom is 0.141 e. The molecular formula is C25H26N4O2S. The topological polar surface area (TPSA) is 50.7 Å². The molecule has 0 saturated carbocycles. The summed E-state index contributed by atoms with van der Waals surface area (Å²) in [5, 5.41) is 3.36. The Bertz CT molecular complexity index is 1200. The molecule has 2 aromatic heterocycles. The van der Waals surface area contributed by atoms with Crippen molar-refractivity contribution in [3.8, 4) is 22.6 Å². The summed E-state index contributed by atoms with van der Waals surface area (Å²) in [6, 6.07) is 16.5. The molecule has 0 bridgehead atoms. The second-order valence-electron chi connectivity index (χ2n) is 7.83. The first kappa shape index (κ1) is 20.7. The molecule has 0 unspecified atom stereocenters. The summed E-state index contributed by atoms with van der Waals surface area (Å²) in [6.45, 7) is 4.58. The minimum atomic E-state index is 0.834. The summed E-state index contributed by atoms with van der Waals surface area (Å²) in [5.74, 6) is 2.79. The highest BCUT2D eigenvalue weighted by molar-refractivity contribution is 7.17. The van der Waals surface area contributed by atoms with Gasteiger partial charge in [-0.15, -0.1) is 11.3 Å². The predicted octanol–water partition coefficient (Wildman–Crippen LogP) is 4.70. The lowest BCUT2D eigenvalue weighted by Gasteiger charge is -2.36. The third-order valence-corrected chi connectivity index (χ3v) is 6.87. The fraction of sp³-hybridized carbons (Fsp3) is 0.280. The number of rotatable bonds is 6. The Balaban J connectivity index is 1.36. The molecule has 1 fully saturated rings. The van der Waals surface area contributed by atoms with E-state index < -0.39 is 0 Å². The van der Waals surface area contributed by atoms with Crippen molar-refractivity contribution in [2.24, 2.45) is 0 Å². The van der Waals surface area contributed by atoms with E-state index in [0.29, 0.717) is 0 Å². The van der Waals surface area contributed by atoms with E-state index in [1.165, 1.54) is 11.1 Å². The Hall–Kier alpha value is -3.16. The van der Waals surface area contributed by atoms with Gasteiger partial charge in [0.25, 0.3) is 0 Å². The highest BCUT2D eigenvalue weighted by Crippen LogP contribution is 2.38. The molecule has 0 amide bonds. The summed E-state index contributed by atoms with van der Waals surface area (Å²) in [7, 11) is 3.41. The van der Waals surface area contributed by atoms with E-state index >= 15 is 0 Å². The SMILES string of the molecule is COc1ccc(OC)c(CN2CCN(c3ncnc4scc(-c5ccccc5)c34)CC2)c1. The molecule has 2 aromatic carbocycles. The van der Waals surface area contributed by atoms with E-state index in [-0.39, 0.29) is 0 Å². The van der Waals surface area contributed by atoms with Crippen molar-refractivity contribution in [1.82, 2.24) is 14.9 Å². The number of anilines is 1. The van der Waals surface area contributed by atoms with Crippen LogP contribution in [0.4, 0.5) is 5.82 Å². The maximum atomic E-state index is 5.56. The number of nitrogens with zero attached hydrogens (tertiary/aromatic N) is 4. The van der Waals surface area contributed by atoms with Crippen molar-refractivity contribution < 1.29 is 9.47 Å². The Morgan fingerprint density at radius 2 is 1.75 bits per heavy atom. The van der Waals surface area contributed by atoms with Crippen LogP contribution in [0.25, 0.3) is 21.3 Å². The molecule has 164 valence electrons. The van der Waals surface area contributed by atoms with Crippen LogP contribution in [0.3, 0.4) is 0 Å². The van der Waals surface area contributed by atoms with Crippen LogP contribution in [0, 0.1) is 0 Å². The second kappa shape index (κ2) is 9.14. The van der Waals surface area contributed by atoms with Gasteiger partial charge in [-0.1, -0.05) is 30.3 Å². The van der Waals surface area contributed by atoms with Gasteiger partial charge in [-0.05, 0) is 23.8 Å². The van der Waals surface area contributed by atoms with Gasteiger partial charge in [-0.3, -0.25) is 4.90 Å². The molecule has 0 radical (unpaired) electrons. The van der Waals surface area contributed by atoms with Crippen LogP contribution in [0.1, 0.15) is 5.56 Å². The summed E-state index contributed by atoms with van der Waals surface area (Å²) in [5.41, 5.74) is 3.57. The highest BCUT2D eigenvalue weighted by Gasteiger charge is 2.23. The van der Waals surface area contributed by atoms with Gasteiger partial charge < -0.3 is 14.4 Å². The summed E-state index contributed by atoms with van der Waals surface area (Å²) in [4.78, 5) is 15.1. The Morgan fingerprint density at radius 3 is 2.50 bits per heavy atom. The third-order valence-electron chi connectivity index (χ3n) is 5.99. The summed E-state index contributed by atoms with van der Waals surface area (Å²) >= 11 is 1.68. The van der Waals surface area contributed by atoms with Gasteiger partial charge in [0.1, 0.15) is 28.5 Å². The number of methoxy groups -OCH3 is 2. The van der Waals surface area contributed by atoms with Crippen LogP contribution < -0.4 is 14.4 Å². The minimum Gasteiger partial charge on any atom is -0.497 e. The number of hydrogen-bond acceptors (Lipinski definition) is 7. The molecule has 0 spiro atoms. The van der Waals surface area contributed by atoms with Crippen LogP contribution in [-0.2, 0) is 6.54 Å². The number of piperazine rings is 1. The molecule has 7 heteroatoms. The van der Waals surface area contributed by atoms with Gasteiger partial charge in [-0.25, -0.2) is 9.97 Å². The van der Waals surface area contributed by atoms with Gasteiger partial charge in [0.05, 0.1) is 19.6 Å². The number of hydrogen-bond donors (Lipinski definition) is 0. The fourth-order valence-electron chi connectivity index (χ4n) is 4.29. The molecule has 5 rings (SSSR count). The van der Waals surface area contributed by atoms with E-state index in [1.54, 1.807) is 31.9 Å². The molecule has 1 aliphatic heterocycles. The molecule has 0 aliphatic carbocycles.